The van der Waals surface area contributed by atoms with Gasteiger partial charge in [-0.15, -0.1) is 0 Å². The van der Waals surface area contributed by atoms with Crippen LogP contribution in [0.5, 0.6) is 5.75 Å². The number of nitrogens with zero attached hydrogens (tertiary/aromatic N) is 1. The minimum absolute atomic E-state index is 0.825. The van der Waals surface area contributed by atoms with Crippen LogP contribution in [0.4, 0.5) is 0 Å². The highest BCUT2D eigenvalue weighted by Gasteiger charge is 2.12. The third kappa shape index (κ3) is 4.71. The van der Waals surface area contributed by atoms with E-state index in [1.165, 1.54) is 27.8 Å². The summed E-state index contributed by atoms with van der Waals surface area (Å²) in [6, 6.07) is 25.9. The lowest BCUT2D eigenvalue weighted by molar-refractivity contribution is 0.333. The first-order valence-corrected chi connectivity index (χ1v) is 10.0. The van der Waals surface area contributed by atoms with Gasteiger partial charge in [0.25, 0.3) is 0 Å². The van der Waals surface area contributed by atoms with E-state index in [9.17, 15) is 0 Å². The molecule has 2 nitrogen and oxygen atoms in total. The van der Waals surface area contributed by atoms with Crippen molar-refractivity contribution >= 4 is 6.08 Å². The van der Waals surface area contributed by atoms with E-state index in [4.69, 9.17) is 4.74 Å². The summed E-state index contributed by atoms with van der Waals surface area (Å²) in [5.41, 5.74) is 6.49. The maximum Gasteiger partial charge on any atom is 0.122 e. The van der Waals surface area contributed by atoms with Gasteiger partial charge in [-0.05, 0) is 47.4 Å². The fourth-order valence-electron chi connectivity index (χ4n) is 3.66. The Balaban J connectivity index is 1.26. The molecule has 1 aliphatic rings. The molecule has 0 bridgehead atoms. The molecule has 0 aliphatic carbocycles. The van der Waals surface area contributed by atoms with Crippen LogP contribution < -0.4 is 4.74 Å². The first-order chi connectivity index (χ1) is 13.8. The van der Waals surface area contributed by atoms with Crippen LogP contribution in [0.1, 0.15) is 23.1 Å². The molecule has 3 aromatic rings. The van der Waals surface area contributed by atoms with Gasteiger partial charge in [-0.1, -0.05) is 78.9 Å². The highest BCUT2D eigenvalue weighted by molar-refractivity contribution is 5.65. The molecule has 0 unspecified atom stereocenters. The van der Waals surface area contributed by atoms with Gasteiger partial charge in [0.15, 0.2) is 0 Å². The van der Waals surface area contributed by atoms with Crippen molar-refractivity contribution in [1.82, 2.24) is 4.90 Å². The van der Waals surface area contributed by atoms with Crippen molar-refractivity contribution in [3.05, 3.63) is 95.6 Å². The minimum atomic E-state index is 0.825. The number of fused-ring (bicyclic) bond motifs is 1. The zero-order valence-electron chi connectivity index (χ0n) is 16.5. The van der Waals surface area contributed by atoms with Gasteiger partial charge in [0, 0.05) is 19.5 Å². The molecule has 28 heavy (non-hydrogen) atoms. The zero-order chi connectivity index (χ0) is 19.2. The first kappa shape index (κ1) is 18.5. The smallest absolute Gasteiger partial charge is 0.122 e. The van der Waals surface area contributed by atoms with Crippen molar-refractivity contribution in [3.8, 4) is 16.9 Å². The first-order valence-electron chi connectivity index (χ1n) is 10.0. The SMILES string of the molecule is CN(CCC=Cc1ccc(-c2ccccc2)cc1)Cc1ccc2c(c1)CCO2. The molecule has 2 heteroatoms. The largest absolute Gasteiger partial charge is 0.493 e. The molecule has 0 amide bonds. The topological polar surface area (TPSA) is 12.5 Å². The zero-order valence-corrected chi connectivity index (χ0v) is 16.5. The molecule has 0 atom stereocenters. The molecule has 0 spiro atoms. The maximum absolute atomic E-state index is 5.59. The van der Waals surface area contributed by atoms with E-state index in [1.807, 2.05) is 0 Å². The normalized spacial score (nSPS) is 13.1. The predicted octanol–water partition coefficient (Wildman–Crippen LogP) is 5.82. The average Bonchev–Trinajstić information content (AvgIpc) is 3.20. The summed E-state index contributed by atoms with van der Waals surface area (Å²) in [7, 11) is 2.19. The molecule has 0 aromatic heterocycles. The summed E-state index contributed by atoms with van der Waals surface area (Å²) in [5, 5.41) is 0. The number of benzene rings is 3. The van der Waals surface area contributed by atoms with Crippen LogP contribution in [-0.4, -0.2) is 25.1 Å². The van der Waals surface area contributed by atoms with Crippen molar-refractivity contribution < 1.29 is 4.74 Å². The molecular formula is C26H27NO. The van der Waals surface area contributed by atoms with Crippen LogP contribution in [0, 0.1) is 0 Å². The maximum atomic E-state index is 5.59. The van der Waals surface area contributed by atoms with E-state index < -0.39 is 0 Å². The van der Waals surface area contributed by atoms with E-state index in [0.29, 0.717) is 0 Å². The summed E-state index contributed by atoms with van der Waals surface area (Å²) in [6.45, 7) is 2.85. The van der Waals surface area contributed by atoms with E-state index in [-0.39, 0.29) is 0 Å². The lowest BCUT2D eigenvalue weighted by Crippen LogP contribution is -2.18. The molecule has 0 saturated heterocycles. The van der Waals surface area contributed by atoms with Crippen molar-refractivity contribution in [3.63, 3.8) is 0 Å². The number of rotatable bonds is 7. The van der Waals surface area contributed by atoms with Crippen molar-refractivity contribution in [2.75, 3.05) is 20.2 Å². The molecule has 1 heterocycles. The third-order valence-corrected chi connectivity index (χ3v) is 5.21. The standard InChI is InChI=1S/C26H27NO/c1-27(20-22-12-15-26-25(19-22)16-18-28-26)17-6-5-7-21-10-13-24(14-11-21)23-8-3-2-4-9-23/h2-5,7-15,19H,6,16-18,20H2,1H3. The van der Waals surface area contributed by atoms with Crippen LogP contribution in [0.3, 0.4) is 0 Å². The summed E-state index contributed by atoms with van der Waals surface area (Å²) < 4.78 is 5.59. The van der Waals surface area contributed by atoms with Gasteiger partial charge in [-0.25, -0.2) is 0 Å². The lowest BCUT2D eigenvalue weighted by atomic mass is 10.0. The van der Waals surface area contributed by atoms with Gasteiger partial charge >= 0.3 is 0 Å². The van der Waals surface area contributed by atoms with E-state index >= 15 is 0 Å². The Morgan fingerprint density at radius 1 is 0.929 bits per heavy atom. The molecule has 3 aromatic carbocycles. The fraction of sp³-hybridized carbons (Fsp3) is 0.231. The predicted molar refractivity (Wildman–Crippen MR) is 118 cm³/mol. The number of hydrogen-bond acceptors (Lipinski definition) is 2. The molecule has 4 rings (SSSR count). The summed E-state index contributed by atoms with van der Waals surface area (Å²) in [6.07, 6.45) is 6.57. The monoisotopic (exact) mass is 369 g/mol. The van der Waals surface area contributed by atoms with Crippen LogP contribution in [-0.2, 0) is 13.0 Å². The third-order valence-electron chi connectivity index (χ3n) is 5.21. The summed E-state index contributed by atoms with van der Waals surface area (Å²) in [5.74, 6) is 1.06. The van der Waals surface area contributed by atoms with Crippen LogP contribution >= 0.6 is 0 Å². The second-order valence-electron chi connectivity index (χ2n) is 7.46. The number of ether oxygens (including phenoxy) is 1. The molecule has 1 aliphatic heterocycles. The summed E-state index contributed by atoms with van der Waals surface area (Å²) in [4.78, 5) is 2.38. The Bertz CT molecular complexity index is 928. The second-order valence-corrected chi connectivity index (χ2v) is 7.46. The van der Waals surface area contributed by atoms with Crippen molar-refractivity contribution in [2.24, 2.45) is 0 Å². The molecule has 0 fully saturated rings. The van der Waals surface area contributed by atoms with Gasteiger partial charge in [0.2, 0.25) is 0 Å². The van der Waals surface area contributed by atoms with E-state index in [2.05, 4.69) is 96.9 Å². The molecular weight excluding hydrogens is 342 g/mol. The van der Waals surface area contributed by atoms with Crippen LogP contribution in [0.2, 0.25) is 0 Å². The van der Waals surface area contributed by atoms with Gasteiger partial charge in [0.05, 0.1) is 6.61 Å². The fourth-order valence-corrected chi connectivity index (χ4v) is 3.66. The van der Waals surface area contributed by atoms with E-state index in [1.54, 1.807) is 0 Å². The van der Waals surface area contributed by atoms with Gasteiger partial charge in [0.1, 0.15) is 5.75 Å². The van der Waals surface area contributed by atoms with Crippen LogP contribution in [0.25, 0.3) is 17.2 Å². The summed E-state index contributed by atoms with van der Waals surface area (Å²) >= 11 is 0. The lowest BCUT2D eigenvalue weighted by Gasteiger charge is -2.16. The molecule has 0 N–H and O–H groups in total. The average molecular weight is 370 g/mol. The quantitative estimate of drug-likeness (QED) is 0.520. The van der Waals surface area contributed by atoms with Crippen molar-refractivity contribution in [1.29, 1.82) is 0 Å². The van der Waals surface area contributed by atoms with Gasteiger partial charge in [-0.3, -0.25) is 0 Å². The van der Waals surface area contributed by atoms with E-state index in [0.717, 1.165) is 38.3 Å². The minimum Gasteiger partial charge on any atom is -0.493 e. The highest BCUT2D eigenvalue weighted by atomic mass is 16.5. The van der Waals surface area contributed by atoms with Crippen LogP contribution in [0.15, 0.2) is 78.9 Å². The highest BCUT2D eigenvalue weighted by Crippen LogP contribution is 2.26. The number of hydrogen-bond donors (Lipinski definition) is 0. The Hall–Kier alpha value is -2.84. The molecule has 0 saturated carbocycles. The molecule has 142 valence electrons. The van der Waals surface area contributed by atoms with Gasteiger partial charge in [-0.2, -0.15) is 0 Å². The Morgan fingerprint density at radius 3 is 2.54 bits per heavy atom. The Morgan fingerprint density at radius 2 is 1.71 bits per heavy atom. The van der Waals surface area contributed by atoms with Gasteiger partial charge < -0.3 is 9.64 Å². The second kappa shape index (κ2) is 8.90. The molecule has 0 radical (unpaired) electrons. The Kier molecular flexibility index (Phi) is 5.89. The Labute approximate surface area is 168 Å². The van der Waals surface area contributed by atoms with Crippen molar-refractivity contribution in [2.45, 2.75) is 19.4 Å².